The molecule has 150 valence electrons. The van der Waals surface area contributed by atoms with Gasteiger partial charge in [0, 0.05) is 20.2 Å². The van der Waals surface area contributed by atoms with Crippen molar-refractivity contribution in [2.24, 2.45) is 5.92 Å². The number of amides is 1. The third-order valence-corrected chi connectivity index (χ3v) is 6.94. The van der Waals surface area contributed by atoms with Crippen molar-refractivity contribution in [1.29, 1.82) is 0 Å². The molecule has 0 saturated carbocycles. The summed E-state index contributed by atoms with van der Waals surface area (Å²) in [4.78, 5) is 12.8. The Morgan fingerprint density at radius 3 is 2.36 bits per heavy atom. The summed E-state index contributed by atoms with van der Waals surface area (Å²) >= 11 is 0. The highest BCUT2D eigenvalue weighted by Gasteiger charge is 2.39. The van der Waals surface area contributed by atoms with E-state index >= 15 is 0 Å². The maximum atomic E-state index is 13.4. The summed E-state index contributed by atoms with van der Waals surface area (Å²) in [6.45, 7) is 1.01. The van der Waals surface area contributed by atoms with Crippen molar-refractivity contribution < 1.29 is 17.9 Å². The molecule has 28 heavy (non-hydrogen) atoms. The lowest BCUT2D eigenvalue weighted by Crippen LogP contribution is -2.47. The van der Waals surface area contributed by atoms with E-state index in [9.17, 15) is 13.2 Å². The predicted octanol–water partition coefficient (Wildman–Crippen LogP) is 2.59. The fraction of sp³-hybridized carbons (Fsp3) is 0.381. The van der Waals surface area contributed by atoms with Gasteiger partial charge in [-0.1, -0.05) is 48.5 Å². The summed E-state index contributed by atoms with van der Waals surface area (Å²) in [5, 5.41) is 2.83. The Bertz CT molecular complexity index is 872. The third-order valence-electron chi connectivity index (χ3n) is 5.05. The van der Waals surface area contributed by atoms with Crippen LogP contribution in [0.1, 0.15) is 24.4 Å². The van der Waals surface area contributed by atoms with Crippen LogP contribution in [-0.4, -0.2) is 45.4 Å². The lowest BCUT2D eigenvalue weighted by molar-refractivity contribution is -0.126. The number of hydrogen-bond acceptors (Lipinski definition) is 4. The summed E-state index contributed by atoms with van der Waals surface area (Å²) in [6, 6.07) is 17.7. The van der Waals surface area contributed by atoms with Crippen LogP contribution in [0.4, 0.5) is 0 Å². The van der Waals surface area contributed by atoms with Crippen molar-refractivity contribution in [3.8, 4) is 0 Å². The molecular weight excluding hydrogens is 376 g/mol. The Balaban J connectivity index is 1.88. The molecule has 2 aromatic rings. The van der Waals surface area contributed by atoms with Crippen LogP contribution >= 0.6 is 0 Å². The van der Waals surface area contributed by atoms with Gasteiger partial charge in [-0.3, -0.25) is 4.79 Å². The number of hydrogen-bond donors (Lipinski definition) is 1. The standard InChI is InChI=1S/C21H26N2O4S/c1-27-15-14-22-21(24)18-12-13-20(17-8-4-2-5-9-17)23(16-18)28(25,26)19-10-6-3-7-11-19/h2-11,18,20H,12-16H2,1H3,(H,22,24)/t18-,20-/m1/s1. The molecule has 1 N–H and O–H groups in total. The molecule has 2 atom stereocenters. The van der Waals surface area contributed by atoms with E-state index in [4.69, 9.17) is 4.74 Å². The summed E-state index contributed by atoms with van der Waals surface area (Å²) in [5.41, 5.74) is 0.945. The van der Waals surface area contributed by atoms with E-state index in [0.717, 1.165) is 5.56 Å². The molecule has 2 aromatic carbocycles. The highest BCUT2D eigenvalue weighted by atomic mass is 32.2. The number of carbonyl (C=O) groups excluding carboxylic acids is 1. The first kappa shape index (κ1) is 20.5. The lowest BCUT2D eigenvalue weighted by Gasteiger charge is -2.38. The number of rotatable bonds is 7. The summed E-state index contributed by atoms with van der Waals surface area (Å²) in [5.74, 6) is -0.507. The minimum Gasteiger partial charge on any atom is -0.383 e. The number of nitrogens with one attached hydrogen (secondary N) is 1. The van der Waals surface area contributed by atoms with Crippen molar-refractivity contribution in [3.05, 3.63) is 66.2 Å². The van der Waals surface area contributed by atoms with Gasteiger partial charge in [0.25, 0.3) is 0 Å². The minimum atomic E-state index is -3.72. The van der Waals surface area contributed by atoms with E-state index in [2.05, 4.69) is 5.32 Å². The first-order chi connectivity index (χ1) is 13.5. The Morgan fingerprint density at radius 1 is 1.07 bits per heavy atom. The maximum Gasteiger partial charge on any atom is 0.243 e. The van der Waals surface area contributed by atoms with Crippen LogP contribution < -0.4 is 5.32 Å². The second-order valence-corrected chi connectivity index (χ2v) is 8.76. The SMILES string of the molecule is COCCNC(=O)[C@@H]1CC[C@H](c2ccccc2)N(S(=O)(=O)c2ccccc2)C1. The van der Waals surface area contributed by atoms with Crippen LogP contribution in [0.15, 0.2) is 65.6 Å². The average Bonchev–Trinajstić information content (AvgIpc) is 2.74. The molecule has 0 radical (unpaired) electrons. The van der Waals surface area contributed by atoms with Crippen LogP contribution in [0.25, 0.3) is 0 Å². The molecule has 1 amide bonds. The van der Waals surface area contributed by atoms with Gasteiger partial charge in [-0.05, 0) is 30.5 Å². The molecule has 0 aliphatic carbocycles. The van der Waals surface area contributed by atoms with Crippen molar-refractivity contribution >= 4 is 15.9 Å². The molecule has 3 rings (SSSR count). The van der Waals surface area contributed by atoms with E-state index < -0.39 is 10.0 Å². The molecule has 1 aliphatic heterocycles. The zero-order valence-electron chi connectivity index (χ0n) is 16.0. The molecule has 1 saturated heterocycles. The van der Waals surface area contributed by atoms with Crippen LogP contribution in [-0.2, 0) is 19.6 Å². The monoisotopic (exact) mass is 402 g/mol. The number of benzene rings is 2. The van der Waals surface area contributed by atoms with Crippen molar-refractivity contribution in [2.75, 3.05) is 26.8 Å². The molecule has 7 heteroatoms. The predicted molar refractivity (Wildman–Crippen MR) is 107 cm³/mol. The lowest BCUT2D eigenvalue weighted by atomic mass is 9.90. The van der Waals surface area contributed by atoms with E-state index in [1.165, 1.54) is 4.31 Å². The molecular formula is C21H26N2O4S. The number of nitrogens with zero attached hydrogens (tertiary/aromatic N) is 1. The van der Waals surface area contributed by atoms with Crippen LogP contribution in [0, 0.1) is 5.92 Å². The highest BCUT2D eigenvalue weighted by Crippen LogP contribution is 2.37. The molecule has 1 fully saturated rings. The smallest absolute Gasteiger partial charge is 0.243 e. The molecule has 1 aliphatic rings. The van der Waals surface area contributed by atoms with Gasteiger partial charge in [-0.2, -0.15) is 4.31 Å². The van der Waals surface area contributed by atoms with Gasteiger partial charge in [-0.25, -0.2) is 8.42 Å². The number of piperidine rings is 1. The van der Waals surface area contributed by atoms with Gasteiger partial charge >= 0.3 is 0 Å². The minimum absolute atomic E-state index is 0.128. The van der Waals surface area contributed by atoms with Crippen LogP contribution in [0.2, 0.25) is 0 Å². The fourth-order valence-corrected chi connectivity index (χ4v) is 5.29. The average molecular weight is 403 g/mol. The molecule has 0 aromatic heterocycles. The van der Waals surface area contributed by atoms with Crippen LogP contribution in [0.5, 0.6) is 0 Å². The first-order valence-corrected chi connectivity index (χ1v) is 10.9. The maximum absolute atomic E-state index is 13.4. The Morgan fingerprint density at radius 2 is 1.71 bits per heavy atom. The Kier molecular flexibility index (Phi) is 6.83. The zero-order chi connectivity index (χ0) is 20.0. The van der Waals surface area contributed by atoms with Crippen molar-refractivity contribution in [2.45, 2.75) is 23.8 Å². The number of carbonyl (C=O) groups is 1. The van der Waals surface area contributed by atoms with Gasteiger partial charge in [-0.15, -0.1) is 0 Å². The van der Waals surface area contributed by atoms with E-state index in [0.29, 0.717) is 26.0 Å². The molecule has 1 heterocycles. The number of sulfonamides is 1. The zero-order valence-corrected chi connectivity index (χ0v) is 16.8. The largest absolute Gasteiger partial charge is 0.383 e. The summed E-state index contributed by atoms with van der Waals surface area (Å²) in [6.07, 6.45) is 1.23. The molecule has 0 unspecified atom stereocenters. The second-order valence-electron chi connectivity index (χ2n) is 6.87. The van der Waals surface area contributed by atoms with Crippen molar-refractivity contribution in [1.82, 2.24) is 9.62 Å². The van der Waals surface area contributed by atoms with Crippen LogP contribution in [0.3, 0.4) is 0 Å². The van der Waals surface area contributed by atoms with Gasteiger partial charge in [0.05, 0.1) is 23.5 Å². The highest BCUT2D eigenvalue weighted by molar-refractivity contribution is 7.89. The topological polar surface area (TPSA) is 75.7 Å². The Hall–Kier alpha value is -2.22. The second kappa shape index (κ2) is 9.32. The normalized spacial score (nSPS) is 20.6. The Labute approximate surface area is 166 Å². The van der Waals surface area contributed by atoms with E-state index in [-0.39, 0.29) is 29.3 Å². The fourth-order valence-electron chi connectivity index (χ4n) is 3.58. The quantitative estimate of drug-likeness (QED) is 0.723. The third kappa shape index (κ3) is 4.60. The van der Waals surface area contributed by atoms with Gasteiger partial charge in [0.15, 0.2) is 0 Å². The number of ether oxygens (including phenoxy) is 1. The van der Waals surface area contributed by atoms with E-state index in [1.807, 2.05) is 30.3 Å². The van der Waals surface area contributed by atoms with E-state index in [1.54, 1.807) is 37.4 Å². The molecule has 0 bridgehead atoms. The molecule has 0 spiro atoms. The number of methoxy groups -OCH3 is 1. The first-order valence-electron chi connectivity index (χ1n) is 9.42. The van der Waals surface area contributed by atoms with Gasteiger partial charge in [0.1, 0.15) is 0 Å². The summed E-state index contributed by atoms with van der Waals surface area (Å²) < 4.78 is 33.2. The van der Waals surface area contributed by atoms with Crippen molar-refractivity contribution in [3.63, 3.8) is 0 Å². The van der Waals surface area contributed by atoms with Gasteiger partial charge in [0.2, 0.25) is 15.9 Å². The molecule has 6 nitrogen and oxygen atoms in total. The van der Waals surface area contributed by atoms with Gasteiger partial charge < -0.3 is 10.1 Å². The summed E-state index contributed by atoms with van der Waals surface area (Å²) in [7, 11) is -2.15.